The second-order valence-electron chi connectivity index (χ2n) is 6.85. The number of aliphatic hydroxyl groups excluding tert-OH is 2. The SMILES string of the molecule is CC(C)(C)c1ccc(C(C(O)CO)N2CCNCC2)cc1. The van der Waals surface area contributed by atoms with Gasteiger partial charge >= 0.3 is 0 Å². The normalized spacial score (nSPS) is 20.2. The van der Waals surface area contributed by atoms with E-state index in [1.165, 1.54) is 5.56 Å². The first-order chi connectivity index (χ1) is 9.93. The first kappa shape index (κ1) is 16.4. The Morgan fingerprint density at radius 1 is 1.14 bits per heavy atom. The van der Waals surface area contributed by atoms with E-state index < -0.39 is 6.10 Å². The van der Waals surface area contributed by atoms with E-state index in [-0.39, 0.29) is 18.1 Å². The van der Waals surface area contributed by atoms with E-state index in [4.69, 9.17) is 0 Å². The van der Waals surface area contributed by atoms with Crippen molar-refractivity contribution in [2.75, 3.05) is 32.8 Å². The van der Waals surface area contributed by atoms with Gasteiger partial charge in [0.05, 0.1) is 18.8 Å². The van der Waals surface area contributed by atoms with Crippen molar-refractivity contribution in [3.63, 3.8) is 0 Å². The minimum absolute atomic E-state index is 0.124. The molecular weight excluding hydrogens is 264 g/mol. The van der Waals surface area contributed by atoms with Crippen LogP contribution in [0.1, 0.15) is 37.9 Å². The zero-order valence-electron chi connectivity index (χ0n) is 13.3. The summed E-state index contributed by atoms with van der Waals surface area (Å²) in [7, 11) is 0. The van der Waals surface area contributed by atoms with Gasteiger partial charge in [-0.05, 0) is 16.5 Å². The van der Waals surface area contributed by atoms with Crippen molar-refractivity contribution in [3.8, 4) is 0 Å². The van der Waals surface area contributed by atoms with Gasteiger partial charge in [0.25, 0.3) is 0 Å². The molecule has 1 heterocycles. The minimum Gasteiger partial charge on any atom is -0.394 e. The maximum atomic E-state index is 10.2. The topological polar surface area (TPSA) is 55.7 Å². The smallest absolute Gasteiger partial charge is 0.0967 e. The van der Waals surface area contributed by atoms with Crippen LogP contribution in [0.4, 0.5) is 0 Å². The summed E-state index contributed by atoms with van der Waals surface area (Å²) in [5, 5.41) is 23.0. The molecule has 0 aliphatic carbocycles. The van der Waals surface area contributed by atoms with Gasteiger partial charge in [0.2, 0.25) is 0 Å². The molecule has 1 aromatic carbocycles. The van der Waals surface area contributed by atoms with E-state index in [2.05, 4.69) is 55.3 Å². The molecule has 1 aliphatic rings. The predicted molar refractivity (Wildman–Crippen MR) is 85.4 cm³/mol. The highest BCUT2D eigenvalue weighted by atomic mass is 16.3. The van der Waals surface area contributed by atoms with Crippen LogP contribution < -0.4 is 5.32 Å². The first-order valence-electron chi connectivity index (χ1n) is 7.77. The molecule has 0 bridgehead atoms. The molecule has 0 amide bonds. The zero-order chi connectivity index (χ0) is 15.5. The van der Waals surface area contributed by atoms with Crippen LogP contribution in [-0.4, -0.2) is 54.0 Å². The number of hydrogen-bond donors (Lipinski definition) is 3. The monoisotopic (exact) mass is 292 g/mol. The molecule has 0 radical (unpaired) electrons. The fourth-order valence-electron chi connectivity index (χ4n) is 2.92. The average Bonchev–Trinajstić information content (AvgIpc) is 2.48. The molecule has 0 saturated carbocycles. The predicted octanol–water partition coefficient (Wildman–Crippen LogP) is 1.28. The van der Waals surface area contributed by atoms with Gasteiger partial charge in [0.15, 0.2) is 0 Å². The van der Waals surface area contributed by atoms with Gasteiger partial charge in [-0.15, -0.1) is 0 Å². The first-order valence-corrected chi connectivity index (χ1v) is 7.77. The van der Waals surface area contributed by atoms with Crippen LogP contribution in [0.5, 0.6) is 0 Å². The molecule has 1 aliphatic heterocycles. The standard InChI is InChI=1S/C17H28N2O2/c1-17(2,3)14-6-4-13(5-7-14)16(15(21)12-20)19-10-8-18-9-11-19/h4-7,15-16,18,20-21H,8-12H2,1-3H3. The number of rotatable bonds is 4. The van der Waals surface area contributed by atoms with Gasteiger partial charge in [-0.3, -0.25) is 4.90 Å². The van der Waals surface area contributed by atoms with E-state index in [1.807, 2.05) is 0 Å². The van der Waals surface area contributed by atoms with Gasteiger partial charge in [-0.2, -0.15) is 0 Å². The third kappa shape index (κ3) is 4.04. The van der Waals surface area contributed by atoms with Crippen molar-refractivity contribution < 1.29 is 10.2 Å². The third-order valence-corrected chi connectivity index (χ3v) is 4.21. The molecule has 2 atom stereocenters. The van der Waals surface area contributed by atoms with Crippen molar-refractivity contribution in [2.24, 2.45) is 0 Å². The summed E-state index contributed by atoms with van der Waals surface area (Å²) >= 11 is 0. The molecule has 4 heteroatoms. The van der Waals surface area contributed by atoms with Gasteiger partial charge in [-0.1, -0.05) is 45.0 Å². The molecule has 1 fully saturated rings. The summed E-state index contributed by atoms with van der Waals surface area (Å²) in [5.41, 5.74) is 2.48. The average molecular weight is 292 g/mol. The second-order valence-corrected chi connectivity index (χ2v) is 6.85. The van der Waals surface area contributed by atoms with Crippen LogP contribution in [0.2, 0.25) is 0 Å². The maximum absolute atomic E-state index is 10.2. The van der Waals surface area contributed by atoms with Crippen LogP contribution in [0.25, 0.3) is 0 Å². The van der Waals surface area contributed by atoms with Crippen molar-refractivity contribution in [2.45, 2.75) is 38.3 Å². The van der Waals surface area contributed by atoms with E-state index in [0.717, 1.165) is 31.7 Å². The van der Waals surface area contributed by atoms with Crippen LogP contribution in [0.15, 0.2) is 24.3 Å². The maximum Gasteiger partial charge on any atom is 0.0967 e. The summed E-state index contributed by atoms with van der Waals surface area (Å²) < 4.78 is 0. The lowest BCUT2D eigenvalue weighted by atomic mass is 9.85. The van der Waals surface area contributed by atoms with E-state index in [9.17, 15) is 10.2 Å². The van der Waals surface area contributed by atoms with Crippen molar-refractivity contribution in [1.82, 2.24) is 10.2 Å². The van der Waals surface area contributed by atoms with Crippen LogP contribution in [0.3, 0.4) is 0 Å². The Morgan fingerprint density at radius 3 is 2.19 bits per heavy atom. The minimum atomic E-state index is -0.747. The van der Waals surface area contributed by atoms with Crippen LogP contribution in [-0.2, 0) is 5.41 Å². The Bertz CT molecular complexity index is 433. The molecule has 2 unspecified atom stereocenters. The van der Waals surface area contributed by atoms with Gasteiger partial charge in [0.1, 0.15) is 0 Å². The largest absolute Gasteiger partial charge is 0.394 e. The van der Waals surface area contributed by atoms with Crippen molar-refractivity contribution in [3.05, 3.63) is 35.4 Å². The Kier molecular flexibility index (Phi) is 5.38. The molecule has 4 nitrogen and oxygen atoms in total. The van der Waals surface area contributed by atoms with Crippen LogP contribution in [0, 0.1) is 0 Å². The second kappa shape index (κ2) is 6.88. The summed E-state index contributed by atoms with van der Waals surface area (Å²) in [6.07, 6.45) is -0.747. The number of nitrogens with zero attached hydrogens (tertiary/aromatic N) is 1. The molecule has 118 valence electrons. The molecule has 0 spiro atoms. The molecule has 2 rings (SSSR count). The summed E-state index contributed by atoms with van der Waals surface area (Å²) in [6, 6.07) is 8.31. The summed E-state index contributed by atoms with van der Waals surface area (Å²) in [5.74, 6) is 0. The zero-order valence-corrected chi connectivity index (χ0v) is 13.3. The summed E-state index contributed by atoms with van der Waals surface area (Å²) in [6.45, 7) is 10.00. The lowest BCUT2D eigenvalue weighted by Crippen LogP contribution is -2.48. The summed E-state index contributed by atoms with van der Waals surface area (Å²) in [4.78, 5) is 2.25. The van der Waals surface area contributed by atoms with Gasteiger partial charge < -0.3 is 15.5 Å². The molecule has 1 aromatic rings. The number of benzene rings is 1. The lowest BCUT2D eigenvalue weighted by molar-refractivity contribution is 0.00514. The highest BCUT2D eigenvalue weighted by Gasteiger charge is 2.28. The highest BCUT2D eigenvalue weighted by molar-refractivity contribution is 5.30. The van der Waals surface area contributed by atoms with Crippen molar-refractivity contribution in [1.29, 1.82) is 0 Å². The van der Waals surface area contributed by atoms with Gasteiger partial charge in [-0.25, -0.2) is 0 Å². The Hall–Kier alpha value is -0.940. The Labute approximate surface area is 127 Å². The molecule has 1 saturated heterocycles. The molecule has 3 N–H and O–H groups in total. The number of nitrogens with one attached hydrogen (secondary N) is 1. The fourth-order valence-corrected chi connectivity index (χ4v) is 2.92. The van der Waals surface area contributed by atoms with E-state index >= 15 is 0 Å². The molecular formula is C17H28N2O2. The molecule has 21 heavy (non-hydrogen) atoms. The highest BCUT2D eigenvalue weighted by Crippen LogP contribution is 2.28. The lowest BCUT2D eigenvalue weighted by Gasteiger charge is -2.37. The van der Waals surface area contributed by atoms with Crippen molar-refractivity contribution >= 4 is 0 Å². The van der Waals surface area contributed by atoms with Crippen LogP contribution >= 0.6 is 0 Å². The number of piperazine rings is 1. The third-order valence-electron chi connectivity index (χ3n) is 4.21. The van der Waals surface area contributed by atoms with E-state index in [1.54, 1.807) is 0 Å². The van der Waals surface area contributed by atoms with Gasteiger partial charge in [0, 0.05) is 26.2 Å². The quantitative estimate of drug-likeness (QED) is 0.782. The fraction of sp³-hybridized carbons (Fsp3) is 0.647. The Balaban J connectivity index is 2.24. The number of aliphatic hydroxyl groups is 2. The Morgan fingerprint density at radius 2 is 1.71 bits per heavy atom. The number of hydrogen-bond acceptors (Lipinski definition) is 4. The molecule has 0 aromatic heterocycles. The van der Waals surface area contributed by atoms with E-state index in [0.29, 0.717) is 0 Å².